The number of hydrogen-bond acceptors (Lipinski definition) is 5. The Labute approximate surface area is 124 Å². The monoisotopic (exact) mass is 310 g/mol. The Morgan fingerprint density at radius 1 is 1.19 bits per heavy atom. The van der Waals surface area contributed by atoms with Crippen molar-refractivity contribution < 1.29 is 17.9 Å². The number of para-hydroxylation sites is 1. The van der Waals surface area contributed by atoms with Crippen LogP contribution in [-0.2, 0) is 23.2 Å². The molecule has 6 nitrogen and oxygen atoms in total. The molecule has 0 bridgehead atoms. The number of nitrogens with one attached hydrogen (secondary N) is 1. The highest BCUT2D eigenvalue weighted by molar-refractivity contribution is 7.88. The Morgan fingerprint density at radius 3 is 2.57 bits per heavy atom. The number of hydrogen-bond donors (Lipinski definition) is 2. The summed E-state index contributed by atoms with van der Waals surface area (Å²) in [6.45, 7) is 0.265. The number of anilines is 1. The van der Waals surface area contributed by atoms with E-state index in [1.54, 1.807) is 6.07 Å². The Balaban J connectivity index is 2.10. The van der Waals surface area contributed by atoms with Crippen LogP contribution in [0, 0.1) is 0 Å². The maximum atomic E-state index is 11.9. The van der Waals surface area contributed by atoms with Gasteiger partial charge in [-0.25, -0.2) is 12.7 Å². The fourth-order valence-electron chi connectivity index (χ4n) is 1.78. The summed E-state index contributed by atoms with van der Waals surface area (Å²) in [6, 6.07) is 10.4. The van der Waals surface area contributed by atoms with Crippen molar-refractivity contribution in [3.63, 3.8) is 0 Å². The van der Waals surface area contributed by atoms with Crippen molar-refractivity contribution in [3.05, 3.63) is 47.7 Å². The lowest BCUT2D eigenvalue weighted by atomic mass is 10.2. The summed E-state index contributed by atoms with van der Waals surface area (Å²) in [7, 11) is -0.650. The fraction of sp³-hybridized carbons (Fsp3) is 0.286. The van der Waals surface area contributed by atoms with E-state index >= 15 is 0 Å². The first-order valence-corrected chi connectivity index (χ1v) is 7.83. The van der Waals surface area contributed by atoms with Crippen molar-refractivity contribution in [3.8, 4) is 0 Å². The molecule has 1 aromatic carbocycles. The summed E-state index contributed by atoms with van der Waals surface area (Å²) in [6.07, 6.45) is 0. The summed E-state index contributed by atoms with van der Waals surface area (Å²) >= 11 is 0. The molecule has 0 aliphatic carbocycles. The molecule has 0 aliphatic heterocycles. The number of sulfonamides is 1. The molecule has 0 radical (unpaired) electrons. The molecule has 2 rings (SSSR count). The summed E-state index contributed by atoms with van der Waals surface area (Å²) < 4.78 is 30.2. The smallest absolute Gasteiger partial charge is 0.275 e. The van der Waals surface area contributed by atoms with E-state index in [-0.39, 0.29) is 11.7 Å². The number of benzene rings is 1. The van der Waals surface area contributed by atoms with Crippen LogP contribution in [0.1, 0.15) is 11.3 Å². The van der Waals surface area contributed by atoms with Gasteiger partial charge >= 0.3 is 0 Å². The highest BCUT2D eigenvalue weighted by atomic mass is 32.2. The first kappa shape index (κ1) is 15.6. The molecule has 0 unspecified atom stereocenters. The molecular formula is C14H18N2O4S. The van der Waals surface area contributed by atoms with Gasteiger partial charge in [0.05, 0.1) is 13.2 Å². The minimum absolute atomic E-state index is 0.0679. The molecule has 0 amide bonds. The Hall–Kier alpha value is -1.83. The third kappa shape index (κ3) is 3.44. The zero-order valence-corrected chi connectivity index (χ0v) is 12.7. The minimum Gasteiger partial charge on any atom is -0.446 e. The molecule has 1 heterocycles. The third-order valence-corrected chi connectivity index (χ3v) is 4.70. The van der Waals surface area contributed by atoms with Crippen LogP contribution in [0.2, 0.25) is 0 Å². The van der Waals surface area contributed by atoms with Crippen LogP contribution in [0.4, 0.5) is 5.69 Å². The second-order valence-electron chi connectivity index (χ2n) is 4.68. The summed E-state index contributed by atoms with van der Waals surface area (Å²) in [5, 5.41) is 12.3. The Morgan fingerprint density at radius 2 is 1.90 bits per heavy atom. The largest absolute Gasteiger partial charge is 0.446 e. The van der Waals surface area contributed by atoms with Gasteiger partial charge in [-0.05, 0) is 18.2 Å². The van der Waals surface area contributed by atoms with Crippen LogP contribution >= 0.6 is 0 Å². The van der Waals surface area contributed by atoms with Crippen molar-refractivity contribution >= 4 is 15.7 Å². The zero-order valence-electron chi connectivity index (χ0n) is 11.9. The van der Waals surface area contributed by atoms with Gasteiger partial charge < -0.3 is 14.8 Å². The highest BCUT2D eigenvalue weighted by Gasteiger charge is 2.21. The van der Waals surface area contributed by atoms with Crippen molar-refractivity contribution in [2.45, 2.75) is 18.2 Å². The first-order chi connectivity index (χ1) is 9.95. The number of aliphatic hydroxyl groups excluding tert-OH is 1. The van der Waals surface area contributed by atoms with Crippen LogP contribution in [0.5, 0.6) is 0 Å². The molecule has 0 fully saturated rings. The fourth-order valence-corrected chi connectivity index (χ4v) is 2.60. The normalized spacial score (nSPS) is 11.8. The third-order valence-electron chi connectivity index (χ3n) is 3.01. The van der Waals surface area contributed by atoms with Crippen LogP contribution in [0.25, 0.3) is 0 Å². The van der Waals surface area contributed by atoms with Crippen molar-refractivity contribution in [2.75, 3.05) is 19.4 Å². The molecule has 0 saturated carbocycles. The Bertz CT molecular complexity index is 707. The number of nitrogens with zero attached hydrogens (tertiary/aromatic N) is 1. The van der Waals surface area contributed by atoms with Crippen LogP contribution in [0.15, 0.2) is 45.9 Å². The lowest BCUT2D eigenvalue weighted by Crippen LogP contribution is -2.21. The summed E-state index contributed by atoms with van der Waals surface area (Å²) in [4.78, 5) is 0. The van der Waals surface area contributed by atoms with Gasteiger partial charge in [0.1, 0.15) is 5.76 Å². The summed E-state index contributed by atoms with van der Waals surface area (Å²) in [5.41, 5.74) is 1.55. The van der Waals surface area contributed by atoms with Gasteiger partial charge in [-0.15, -0.1) is 0 Å². The maximum Gasteiger partial charge on any atom is 0.275 e. The van der Waals surface area contributed by atoms with E-state index in [4.69, 9.17) is 4.42 Å². The van der Waals surface area contributed by atoms with Gasteiger partial charge in [-0.2, -0.15) is 0 Å². The van der Waals surface area contributed by atoms with Gasteiger partial charge in [0, 0.05) is 25.3 Å². The minimum atomic E-state index is -3.55. The second kappa shape index (κ2) is 6.30. The molecule has 0 saturated heterocycles. The molecule has 0 spiro atoms. The van der Waals surface area contributed by atoms with E-state index in [9.17, 15) is 13.5 Å². The molecule has 0 aliphatic rings. The predicted octanol–water partition coefficient (Wildman–Crippen LogP) is 1.63. The average molecular weight is 310 g/mol. The average Bonchev–Trinajstić information content (AvgIpc) is 2.94. The van der Waals surface area contributed by atoms with Crippen LogP contribution in [-0.4, -0.2) is 31.9 Å². The molecule has 2 N–H and O–H groups in total. The van der Waals surface area contributed by atoms with E-state index in [1.807, 2.05) is 24.3 Å². The summed E-state index contributed by atoms with van der Waals surface area (Å²) in [5.74, 6) is 0.503. The Kier molecular flexibility index (Phi) is 4.66. The molecule has 21 heavy (non-hydrogen) atoms. The molecule has 1 aromatic heterocycles. The zero-order chi connectivity index (χ0) is 15.5. The van der Waals surface area contributed by atoms with E-state index < -0.39 is 10.0 Å². The van der Waals surface area contributed by atoms with Crippen LogP contribution in [0.3, 0.4) is 0 Å². The topological polar surface area (TPSA) is 82.8 Å². The lowest BCUT2D eigenvalue weighted by molar-refractivity contribution is 0.282. The predicted molar refractivity (Wildman–Crippen MR) is 79.3 cm³/mol. The first-order valence-electron chi connectivity index (χ1n) is 6.39. The van der Waals surface area contributed by atoms with Gasteiger partial charge in [-0.1, -0.05) is 18.2 Å². The lowest BCUT2D eigenvalue weighted by Gasteiger charge is -2.09. The molecule has 7 heteroatoms. The van der Waals surface area contributed by atoms with Crippen molar-refractivity contribution in [1.29, 1.82) is 0 Å². The van der Waals surface area contributed by atoms with Crippen molar-refractivity contribution in [2.24, 2.45) is 0 Å². The van der Waals surface area contributed by atoms with Gasteiger partial charge in [0.15, 0.2) is 0 Å². The highest BCUT2D eigenvalue weighted by Crippen LogP contribution is 2.19. The number of aliphatic hydroxyl groups is 1. The van der Waals surface area contributed by atoms with E-state index in [0.29, 0.717) is 12.3 Å². The van der Waals surface area contributed by atoms with Gasteiger partial charge in [0.25, 0.3) is 10.0 Å². The molecule has 2 aromatic rings. The van der Waals surface area contributed by atoms with E-state index in [1.165, 1.54) is 20.2 Å². The van der Waals surface area contributed by atoms with E-state index in [2.05, 4.69) is 5.32 Å². The van der Waals surface area contributed by atoms with Gasteiger partial charge in [-0.3, -0.25) is 0 Å². The SMILES string of the molecule is CN(C)S(=O)(=O)c1ccc(CNc2ccccc2CO)o1. The van der Waals surface area contributed by atoms with Crippen molar-refractivity contribution in [1.82, 2.24) is 4.31 Å². The second-order valence-corrected chi connectivity index (χ2v) is 6.76. The molecule has 114 valence electrons. The number of furan rings is 1. The molecular weight excluding hydrogens is 292 g/mol. The standard InChI is InChI=1S/C14H18N2O4S/c1-16(2)21(18,19)14-8-7-12(20-14)9-15-13-6-4-3-5-11(13)10-17/h3-8,15,17H,9-10H2,1-2H3. The number of rotatable bonds is 6. The van der Waals surface area contributed by atoms with Crippen LogP contribution < -0.4 is 5.32 Å². The quantitative estimate of drug-likeness (QED) is 0.847. The maximum absolute atomic E-state index is 11.9. The van der Waals surface area contributed by atoms with E-state index in [0.717, 1.165) is 15.6 Å². The van der Waals surface area contributed by atoms with Gasteiger partial charge in [0.2, 0.25) is 5.09 Å². The molecule has 0 atom stereocenters.